The summed E-state index contributed by atoms with van der Waals surface area (Å²) in [5.41, 5.74) is 2.36. The Balaban J connectivity index is 1.91. The topological polar surface area (TPSA) is 29.9 Å². The van der Waals surface area contributed by atoms with Crippen molar-refractivity contribution in [3.8, 4) is 0 Å². The predicted molar refractivity (Wildman–Crippen MR) is 69.6 cm³/mol. The van der Waals surface area contributed by atoms with Crippen molar-refractivity contribution in [3.63, 3.8) is 0 Å². The lowest BCUT2D eigenvalue weighted by atomic mass is 9.95. The van der Waals surface area contributed by atoms with Crippen LogP contribution in [0.25, 0.3) is 0 Å². The van der Waals surface area contributed by atoms with Crippen molar-refractivity contribution in [2.24, 2.45) is 5.92 Å². The molecule has 1 aromatic rings. The standard InChI is InChI=1S/C12H20BrN3/c1-9-12(13)10(2)16(15-9)8-5-11-3-6-14-7-4-11/h11,14H,3-8H2,1-2H3. The van der Waals surface area contributed by atoms with Crippen LogP contribution in [0.4, 0.5) is 0 Å². The Morgan fingerprint density at radius 2 is 2.06 bits per heavy atom. The number of nitrogens with one attached hydrogen (secondary N) is 1. The summed E-state index contributed by atoms with van der Waals surface area (Å²) in [6, 6.07) is 0. The monoisotopic (exact) mass is 285 g/mol. The maximum Gasteiger partial charge on any atom is 0.0738 e. The van der Waals surface area contributed by atoms with Gasteiger partial charge in [0.05, 0.1) is 10.2 Å². The number of hydrogen-bond donors (Lipinski definition) is 1. The smallest absolute Gasteiger partial charge is 0.0738 e. The molecule has 2 heterocycles. The van der Waals surface area contributed by atoms with Crippen LogP contribution in [-0.4, -0.2) is 22.9 Å². The Kier molecular flexibility index (Phi) is 4.03. The molecule has 0 radical (unpaired) electrons. The number of nitrogens with zero attached hydrogens (tertiary/aromatic N) is 2. The molecule has 4 heteroatoms. The molecule has 0 saturated carbocycles. The van der Waals surface area contributed by atoms with Gasteiger partial charge in [-0.15, -0.1) is 0 Å². The van der Waals surface area contributed by atoms with E-state index in [1.165, 1.54) is 38.0 Å². The highest BCUT2D eigenvalue weighted by Crippen LogP contribution is 2.22. The first-order chi connectivity index (χ1) is 7.68. The Bertz CT molecular complexity index is 353. The molecule has 0 aliphatic carbocycles. The summed E-state index contributed by atoms with van der Waals surface area (Å²) in [4.78, 5) is 0. The van der Waals surface area contributed by atoms with Crippen LogP contribution >= 0.6 is 15.9 Å². The van der Waals surface area contributed by atoms with Gasteiger partial charge in [-0.2, -0.15) is 5.10 Å². The Hall–Kier alpha value is -0.350. The van der Waals surface area contributed by atoms with Crippen molar-refractivity contribution >= 4 is 15.9 Å². The molecule has 1 N–H and O–H groups in total. The zero-order valence-corrected chi connectivity index (χ0v) is 11.7. The first kappa shape index (κ1) is 12.1. The van der Waals surface area contributed by atoms with Gasteiger partial charge >= 0.3 is 0 Å². The fraction of sp³-hybridized carbons (Fsp3) is 0.750. The number of hydrogen-bond acceptors (Lipinski definition) is 2. The minimum atomic E-state index is 0.879. The highest BCUT2D eigenvalue weighted by molar-refractivity contribution is 9.10. The fourth-order valence-corrected chi connectivity index (χ4v) is 2.65. The summed E-state index contributed by atoms with van der Waals surface area (Å²) in [6.07, 6.45) is 3.90. The van der Waals surface area contributed by atoms with Gasteiger partial charge < -0.3 is 5.32 Å². The van der Waals surface area contributed by atoms with Crippen LogP contribution in [0.2, 0.25) is 0 Å². The van der Waals surface area contributed by atoms with E-state index in [1.807, 2.05) is 0 Å². The van der Waals surface area contributed by atoms with Gasteiger partial charge in [0.2, 0.25) is 0 Å². The van der Waals surface area contributed by atoms with E-state index in [-0.39, 0.29) is 0 Å². The lowest BCUT2D eigenvalue weighted by molar-refractivity contribution is 0.330. The SMILES string of the molecule is Cc1nn(CCC2CCNCC2)c(C)c1Br. The van der Waals surface area contributed by atoms with Crippen molar-refractivity contribution in [1.29, 1.82) is 0 Å². The molecule has 0 atom stereocenters. The van der Waals surface area contributed by atoms with E-state index in [0.29, 0.717) is 0 Å². The summed E-state index contributed by atoms with van der Waals surface area (Å²) in [5, 5.41) is 7.96. The second-order valence-electron chi connectivity index (χ2n) is 4.69. The molecule has 1 fully saturated rings. The normalized spacial score (nSPS) is 17.9. The van der Waals surface area contributed by atoms with E-state index in [4.69, 9.17) is 0 Å². The Morgan fingerprint density at radius 3 is 2.62 bits per heavy atom. The van der Waals surface area contributed by atoms with E-state index in [2.05, 4.69) is 44.9 Å². The second-order valence-corrected chi connectivity index (χ2v) is 5.48. The number of piperidine rings is 1. The fourth-order valence-electron chi connectivity index (χ4n) is 2.37. The van der Waals surface area contributed by atoms with Crippen molar-refractivity contribution in [3.05, 3.63) is 15.9 Å². The van der Waals surface area contributed by atoms with Crippen LogP contribution in [0.3, 0.4) is 0 Å². The maximum absolute atomic E-state index is 4.55. The van der Waals surface area contributed by atoms with E-state index in [0.717, 1.165) is 22.6 Å². The Morgan fingerprint density at radius 1 is 1.38 bits per heavy atom. The van der Waals surface area contributed by atoms with Gasteiger partial charge in [0.15, 0.2) is 0 Å². The van der Waals surface area contributed by atoms with Crippen molar-refractivity contribution in [2.75, 3.05) is 13.1 Å². The van der Waals surface area contributed by atoms with Gasteiger partial charge in [-0.3, -0.25) is 4.68 Å². The van der Waals surface area contributed by atoms with Gasteiger partial charge in [0.25, 0.3) is 0 Å². The zero-order chi connectivity index (χ0) is 11.5. The van der Waals surface area contributed by atoms with Gasteiger partial charge in [-0.05, 0) is 68.0 Å². The molecule has 3 nitrogen and oxygen atoms in total. The summed E-state index contributed by atoms with van der Waals surface area (Å²) in [5.74, 6) is 0.879. The van der Waals surface area contributed by atoms with Crippen molar-refractivity contribution in [1.82, 2.24) is 15.1 Å². The van der Waals surface area contributed by atoms with Gasteiger partial charge in [-0.1, -0.05) is 0 Å². The van der Waals surface area contributed by atoms with Crippen LogP contribution in [-0.2, 0) is 6.54 Å². The molecular weight excluding hydrogens is 266 g/mol. The van der Waals surface area contributed by atoms with Crippen LogP contribution < -0.4 is 5.32 Å². The first-order valence-corrected chi connectivity index (χ1v) is 6.88. The van der Waals surface area contributed by atoms with Crippen molar-refractivity contribution in [2.45, 2.75) is 39.7 Å². The summed E-state index contributed by atoms with van der Waals surface area (Å²) in [7, 11) is 0. The highest BCUT2D eigenvalue weighted by Gasteiger charge is 2.14. The average molecular weight is 286 g/mol. The number of aromatic nitrogens is 2. The lowest BCUT2D eigenvalue weighted by Crippen LogP contribution is -2.28. The van der Waals surface area contributed by atoms with Crippen LogP contribution in [0.5, 0.6) is 0 Å². The van der Waals surface area contributed by atoms with Crippen molar-refractivity contribution < 1.29 is 0 Å². The Labute approximate surface area is 106 Å². The molecule has 1 aliphatic rings. The molecular formula is C12H20BrN3. The largest absolute Gasteiger partial charge is 0.317 e. The quantitative estimate of drug-likeness (QED) is 0.925. The molecule has 2 rings (SSSR count). The summed E-state index contributed by atoms with van der Waals surface area (Å²) >= 11 is 3.57. The van der Waals surface area contributed by atoms with Gasteiger partial charge in [0.1, 0.15) is 0 Å². The van der Waals surface area contributed by atoms with Gasteiger partial charge in [-0.25, -0.2) is 0 Å². The molecule has 0 bridgehead atoms. The third kappa shape index (κ3) is 2.66. The summed E-state index contributed by atoms with van der Waals surface area (Å²) in [6.45, 7) is 7.62. The lowest BCUT2D eigenvalue weighted by Gasteiger charge is -2.22. The van der Waals surface area contributed by atoms with Gasteiger partial charge in [0, 0.05) is 12.2 Å². The van der Waals surface area contributed by atoms with E-state index in [9.17, 15) is 0 Å². The third-order valence-electron chi connectivity index (χ3n) is 3.50. The van der Waals surface area contributed by atoms with E-state index >= 15 is 0 Å². The molecule has 16 heavy (non-hydrogen) atoms. The molecule has 0 amide bonds. The van der Waals surface area contributed by atoms with E-state index in [1.54, 1.807) is 0 Å². The predicted octanol–water partition coefficient (Wildman–Crippen LogP) is 2.65. The van der Waals surface area contributed by atoms with Crippen LogP contribution in [0, 0.1) is 19.8 Å². The third-order valence-corrected chi connectivity index (χ3v) is 4.65. The molecule has 1 saturated heterocycles. The summed E-state index contributed by atoms with van der Waals surface area (Å²) < 4.78 is 3.30. The van der Waals surface area contributed by atoms with E-state index < -0.39 is 0 Å². The second kappa shape index (κ2) is 5.32. The molecule has 90 valence electrons. The minimum absolute atomic E-state index is 0.879. The first-order valence-electron chi connectivity index (χ1n) is 6.08. The minimum Gasteiger partial charge on any atom is -0.317 e. The highest BCUT2D eigenvalue weighted by atomic mass is 79.9. The molecule has 1 aromatic heterocycles. The molecule has 0 spiro atoms. The molecule has 0 unspecified atom stereocenters. The van der Waals surface area contributed by atoms with Crippen LogP contribution in [0.1, 0.15) is 30.7 Å². The zero-order valence-electron chi connectivity index (χ0n) is 10.1. The number of aryl methyl sites for hydroxylation is 2. The number of halogens is 1. The van der Waals surface area contributed by atoms with Crippen LogP contribution in [0.15, 0.2) is 4.47 Å². The average Bonchev–Trinajstić information content (AvgIpc) is 2.56. The number of rotatable bonds is 3. The maximum atomic E-state index is 4.55. The molecule has 0 aromatic carbocycles. The molecule has 1 aliphatic heterocycles.